The lowest BCUT2D eigenvalue weighted by molar-refractivity contribution is -0.134. The number of nitriles is 1. The number of nitrogens with zero attached hydrogens (tertiary/aromatic N) is 1. The Morgan fingerprint density at radius 3 is 3.23 bits per heavy atom. The normalized spacial score (nSPS) is 25.2. The van der Waals surface area contributed by atoms with E-state index in [0.29, 0.717) is 19.4 Å². The third-order valence-corrected chi connectivity index (χ3v) is 1.86. The van der Waals surface area contributed by atoms with Crippen LogP contribution in [0.4, 0.5) is 0 Å². The fourth-order valence-corrected chi connectivity index (χ4v) is 1.17. The van der Waals surface area contributed by atoms with E-state index in [1.807, 2.05) is 6.07 Å². The van der Waals surface area contributed by atoms with Crippen LogP contribution < -0.4 is 0 Å². The Bertz CT molecular complexity index is 265. The number of esters is 1. The molecule has 0 spiro atoms. The number of carbonyl (C=O) groups excluding carboxylic acids is 1. The van der Waals surface area contributed by atoms with E-state index in [1.165, 1.54) is 13.2 Å². The molecule has 1 unspecified atom stereocenters. The number of carbonyl (C=O) groups is 1. The van der Waals surface area contributed by atoms with E-state index in [4.69, 9.17) is 10.00 Å². The molecule has 0 aliphatic carbocycles. The third kappa shape index (κ3) is 2.88. The van der Waals surface area contributed by atoms with E-state index in [1.54, 1.807) is 0 Å². The molecular weight excluding hydrogens is 170 g/mol. The van der Waals surface area contributed by atoms with Crippen molar-refractivity contribution in [1.29, 1.82) is 5.26 Å². The van der Waals surface area contributed by atoms with Crippen LogP contribution in [0.2, 0.25) is 0 Å². The van der Waals surface area contributed by atoms with Crippen molar-refractivity contribution in [3.05, 3.63) is 11.6 Å². The van der Waals surface area contributed by atoms with Crippen molar-refractivity contribution in [3.8, 4) is 6.07 Å². The van der Waals surface area contributed by atoms with Crippen molar-refractivity contribution in [1.82, 2.24) is 0 Å². The monoisotopic (exact) mass is 181 g/mol. The van der Waals surface area contributed by atoms with E-state index < -0.39 is 6.10 Å². The first-order valence-corrected chi connectivity index (χ1v) is 4.05. The molecule has 0 radical (unpaired) electrons. The van der Waals surface area contributed by atoms with Gasteiger partial charge in [0.05, 0.1) is 19.8 Å². The SMILES string of the molecule is COC(=O)C=C1CCOC(C#N)C1. The van der Waals surface area contributed by atoms with Gasteiger partial charge in [0, 0.05) is 12.5 Å². The van der Waals surface area contributed by atoms with Gasteiger partial charge in [0.1, 0.15) is 6.10 Å². The highest BCUT2D eigenvalue weighted by Crippen LogP contribution is 2.18. The summed E-state index contributed by atoms with van der Waals surface area (Å²) < 4.78 is 9.60. The minimum atomic E-state index is -0.412. The number of ether oxygens (including phenoxy) is 2. The minimum Gasteiger partial charge on any atom is -0.466 e. The van der Waals surface area contributed by atoms with E-state index >= 15 is 0 Å². The van der Waals surface area contributed by atoms with E-state index in [0.717, 1.165) is 5.57 Å². The Morgan fingerprint density at radius 1 is 1.85 bits per heavy atom. The summed E-state index contributed by atoms with van der Waals surface area (Å²) in [6.45, 7) is 0.501. The highest BCUT2D eigenvalue weighted by atomic mass is 16.5. The van der Waals surface area contributed by atoms with E-state index in [2.05, 4.69) is 4.74 Å². The molecule has 0 bridgehead atoms. The first kappa shape index (κ1) is 9.75. The smallest absolute Gasteiger partial charge is 0.330 e. The molecule has 0 aromatic carbocycles. The highest BCUT2D eigenvalue weighted by molar-refractivity contribution is 5.82. The number of hydrogen-bond donors (Lipinski definition) is 0. The molecule has 1 atom stereocenters. The van der Waals surface area contributed by atoms with Gasteiger partial charge in [-0.15, -0.1) is 0 Å². The first-order chi connectivity index (χ1) is 6.26. The molecule has 0 amide bonds. The van der Waals surface area contributed by atoms with Gasteiger partial charge < -0.3 is 9.47 Å². The maximum absolute atomic E-state index is 10.9. The summed E-state index contributed by atoms with van der Waals surface area (Å²) in [5.74, 6) is -0.367. The van der Waals surface area contributed by atoms with Crippen LogP contribution in [0.15, 0.2) is 11.6 Å². The molecule has 0 aromatic heterocycles. The lowest BCUT2D eigenvalue weighted by Gasteiger charge is -2.18. The molecule has 1 aliphatic heterocycles. The predicted octanol–water partition coefficient (Wildman–Crippen LogP) is 0.788. The van der Waals surface area contributed by atoms with Crippen LogP contribution in [0, 0.1) is 11.3 Å². The zero-order valence-electron chi connectivity index (χ0n) is 7.45. The molecule has 1 rings (SSSR count). The zero-order valence-corrected chi connectivity index (χ0v) is 7.45. The van der Waals surface area contributed by atoms with Crippen molar-refractivity contribution >= 4 is 5.97 Å². The standard InChI is InChI=1S/C9H11NO3/c1-12-9(11)5-7-2-3-13-8(4-7)6-10/h5,8H,2-4H2,1H3. The Hall–Kier alpha value is -1.34. The van der Waals surface area contributed by atoms with Crippen molar-refractivity contribution in [3.63, 3.8) is 0 Å². The number of rotatable bonds is 1. The van der Waals surface area contributed by atoms with E-state index in [-0.39, 0.29) is 5.97 Å². The van der Waals surface area contributed by atoms with E-state index in [9.17, 15) is 4.79 Å². The van der Waals surface area contributed by atoms with Crippen LogP contribution in [0.5, 0.6) is 0 Å². The average molecular weight is 181 g/mol. The van der Waals surface area contributed by atoms with Gasteiger partial charge in [0.2, 0.25) is 0 Å². The molecule has 0 saturated carbocycles. The maximum Gasteiger partial charge on any atom is 0.330 e. The number of hydrogen-bond acceptors (Lipinski definition) is 4. The molecule has 1 fully saturated rings. The second-order valence-electron chi connectivity index (χ2n) is 2.77. The minimum absolute atomic E-state index is 0.367. The summed E-state index contributed by atoms with van der Waals surface area (Å²) in [6.07, 6.45) is 2.23. The Balaban J connectivity index is 2.56. The molecule has 4 nitrogen and oxygen atoms in total. The first-order valence-electron chi connectivity index (χ1n) is 4.05. The third-order valence-electron chi connectivity index (χ3n) is 1.86. The average Bonchev–Trinajstić information content (AvgIpc) is 2.18. The van der Waals surface area contributed by atoms with Crippen LogP contribution in [-0.4, -0.2) is 25.8 Å². The maximum atomic E-state index is 10.9. The number of methoxy groups -OCH3 is 1. The van der Waals surface area contributed by atoms with Crippen LogP contribution in [0.1, 0.15) is 12.8 Å². The molecule has 0 aromatic rings. The predicted molar refractivity (Wildman–Crippen MR) is 44.7 cm³/mol. The molecule has 1 saturated heterocycles. The second-order valence-corrected chi connectivity index (χ2v) is 2.77. The fourth-order valence-electron chi connectivity index (χ4n) is 1.17. The van der Waals surface area contributed by atoms with Crippen LogP contribution in [0.3, 0.4) is 0 Å². The van der Waals surface area contributed by atoms with Gasteiger partial charge >= 0.3 is 5.97 Å². The molecule has 1 heterocycles. The van der Waals surface area contributed by atoms with Gasteiger partial charge in [0.25, 0.3) is 0 Å². The summed E-state index contributed by atoms with van der Waals surface area (Å²) in [6, 6.07) is 2.01. The lowest BCUT2D eigenvalue weighted by Crippen LogP contribution is -2.19. The summed E-state index contributed by atoms with van der Waals surface area (Å²) in [5, 5.41) is 8.58. The van der Waals surface area contributed by atoms with Crippen molar-refractivity contribution in [2.45, 2.75) is 18.9 Å². The molecule has 4 heteroatoms. The second kappa shape index (κ2) is 4.63. The Labute approximate surface area is 76.7 Å². The van der Waals surface area contributed by atoms with Crippen molar-refractivity contribution < 1.29 is 14.3 Å². The van der Waals surface area contributed by atoms with Crippen LogP contribution in [0.25, 0.3) is 0 Å². The summed E-state index contributed by atoms with van der Waals surface area (Å²) >= 11 is 0. The zero-order chi connectivity index (χ0) is 9.68. The highest BCUT2D eigenvalue weighted by Gasteiger charge is 2.17. The van der Waals surface area contributed by atoms with Gasteiger partial charge in [-0.05, 0) is 6.42 Å². The topological polar surface area (TPSA) is 59.3 Å². The van der Waals surface area contributed by atoms with Crippen LogP contribution in [-0.2, 0) is 14.3 Å². The van der Waals surface area contributed by atoms with Gasteiger partial charge in [-0.25, -0.2) is 4.79 Å². The molecule has 0 N–H and O–H groups in total. The van der Waals surface area contributed by atoms with Gasteiger partial charge in [0.15, 0.2) is 0 Å². The molecular formula is C9H11NO3. The van der Waals surface area contributed by atoms with Crippen molar-refractivity contribution in [2.24, 2.45) is 0 Å². The quantitative estimate of drug-likeness (QED) is 0.443. The fraction of sp³-hybridized carbons (Fsp3) is 0.556. The van der Waals surface area contributed by atoms with Crippen molar-refractivity contribution in [2.75, 3.05) is 13.7 Å². The van der Waals surface area contributed by atoms with Crippen LogP contribution >= 0.6 is 0 Å². The molecule has 1 aliphatic rings. The molecule has 70 valence electrons. The van der Waals surface area contributed by atoms with Gasteiger partial charge in [-0.3, -0.25) is 0 Å². The lowest BCUT2D eigenvalue weighted by atomic mass is 10.0. The Kier molecular flexibility index (Phi) is 3.47. The largest absolute Gasteiger partial charge is 0.466 e. The Morgan fingerprint density at radius 2 is 2.62 bits per heavy atom. The van der Waals surface area contributed by atoms with Gasteiger partial charge in [-0.1, -0.05) is 5.57 Å². The molecule has 13 heavy (non-hydrogen) atoms. The summed E-state index contributed by atoms with van der Waals surface area (Å²) in [7, 11) is 1.33. The van der Waals surface area contributed by atoms with Gasteiger partial charge in [-0.2, -0.15) is 5.26 Å². The summed E-state index contributed by atoms with van der Waals surface area (Å²) in [5.41, 5.74) is 0.921. The summed E-state index contributed by atoms with van der Waals surface area (Å²) in [4.78, 5) is 10.9.